The van der Waals surface area contributed by atoms with Gasteiger partial charge in [0.15, 0.2) is 0 Å². The van der Waals surface area contributed by atoms with Gasteiger partial charge in [0.05, 0.1) is 5.56 Å². The number of ether oxygens (including phenoxy) is 1. The van der Waals surface area contributed by atoms with Crippen molar-refractivity contribution in [1.82, 2.24) is 10.3 Å². The highest BCUT2D eigenvalue weighted by Crippen LogP contribution is 2.21. The normalized spacial score (nSPS) is 9.89. The molecule has 1 amide bonds. The van der Waals surface area contributed by atoms with Gasteiger partial charge >= 0.3 is 0 Å². The number of nitrogens with one attached hydrogen (secondary N) is 1. The molecular formula is C13H11BrN2O2. The molecule has 2 aromatic rings. The van der Waals surface area contributed by atoms with Gasteiger partial charge in [0.2, 0.25) is 5.88 Å². The van der Waals surface area contributed by atoms with E-state index in [0.717, 1.165) is 4.47 Å². The fourth-order valence-electron chi connectivity index (χ4n) is 1.34. The molecule has 0 aliphatic heterocycles. The van der Waals surface area contributed by atoms with Crippen molar-refractivity contribution in [2.75, 3.05) is 7.05 Å². The van der Waals surface area contributed by atoms with Crippen molar-refractivity contribution in [3.63, 3.8) is 0 Å². The van der Waals surface area contributed by atoms with Crippen molar-refractivity contribution in [2.24, 2.45) is 0 Å². The topological polar surface area (TPSA) is 51.2 Å². The van der Waals surface area contributed by atoms with Crippen LogP contribution in [0.1, 0.15) is 10.4 Å². The smallest absolute Gasteiger partial charge is 0.252 e. The van der Waals surface area contributed by atoms with Gasteiger partial charge in [-0.3, -0.25) is 4.79 Å². The Bertz CT molecular complexity index is 538. The van der Waals surface area contributed by atoms with Crippen LogP contribution in [0, 0.1) is 0 Å². The van der Waals surface area contributed by atoms with E-state index in [1.54, 1.807) is 19.2 Å². The van der Waals surface area contributed by atoms with Gasteiger partial charge < -0.3 is 10.1 Å². The number of benzene rings is 1. The van der Waals surface area contributed by atoms with E-state index < -0.39 is 0 Å². The third-order valence-corrected chi connectivity index (χ3v) is 2.79. The summed E-state index contributed by atoms with van der Waals surface area (Å²) in [7, 11) is 1.58. The number of carbonyl (C=O) groups is 1. The molecule has 4 nitrogen and oxygen atoms in total. The van der Waals surface area contributed by atoms with Crippen molar-refractivity contribution < 1.29 is 9.53 Å². The van der Waals surface area contributed by atoms with E-state index in [-0.39, 0.29) is 5.91 Å². The van der Waals surface area contributed by atoms with Crippen molar-refractivity contribution >= 4 is 21.8 Å². The first-order valence-corrected chi connectivity index (χ1v) is 6.10. The number of carbonyl (C=O) groups excluding carboxylic acids is 1. The molecule has 0 saturated heterocycles. The number of amides is 1. The Morgan fingerprint density at radius 1 is 1.22 bits per heavy atom. The second kappa shape index (κ2) is 5.64. The molecule has 92 valence electrons. The fraction of sp³-hybridized carbons (Fsp3) is 0.0769. The summed E-state index contributed by atoms with van der Waals surface area (Å²) in [6, 6.07) is 10.8. The zero-order valence-electron chi connectivity index (χ0n) is 9.68. The molecule has 18 heavy (non-hydrogen) atoms. The second-order valence-electron chi connectivity index (χ2n) is 3.52. The van der Waals surface area contributed by atoms with E-state index in [1.807, 2.05) is 24.3 Å². The van der Waals surface area contributed by atoms with E-state index in [4.69, 9.17) is 4.74 Å². The summed E-state index contributed by atoms with van der Waals surface area (Å²) in [5, 5.41) is 2.53. The molecule has 0 bridgehead atoms. The lowest BCUT2D eigenvalue weighted by molar-refractivity contribution is 0.0962. The predicted octanol–water partition coefficient (Wildman–Crippen LogP) is 3.00. The summed E-state index contributed by atoms with van der Waals surface area (Å²) in [4.78, 5) is 15.4. The Kier molecular flexibility index (Phi) is 3.94. The van der Waals surface area contributed by atoms with Crippen molar-refractivity contribution in [2.45, 2.75) is 0 Å². The Labute approximate surface area is 113 Å². The Balaban J connectivity index is 2.10. The summed E-state index contributed by atoms with van der Waals surface area (Å²) >= 11 is 3.35. The third kappa shape index (κ3) is 3.07. The fourth-order valence-corrected chi connectivity index (χ4v) is 1.61. The third-order valence-electron chi connectivity index (χ3n) is 2.26. The van der Waals surface area contributed by atoms with E-state index in [9.17, 15) is 4.79 Å². The molecule has 1 heterocycles. The molecule has 1 aromatic heterocycles. The number of aromatic nitrogens is 1. The van der Waals surface area contributed by atoms with Gasteiger partial charge in [-0.15, -0.1) is 0 Å². The number of hydrogen-bond donors (Lipinski definition) is 1. The maximum Gasteiger partial charge on any atom is 0.252 e. The zero-order valence-corrected chi connectivity index (χ0v) is 11.3. The molecule has 0 saturated carbocycles. The average Bonchev–Trinajstić information content (AvgIpc) is 2.41. The molecule has 1 aromatic carbocycles. The first-order chi connectivity index (χ1) is 8.69. The minimum absolute atomic E-state index is 0.169. The molecule has 0 atom stereocenters. The van der Waals surface area contributed by atoms with Gasteiger partial charge in [-0.1, -0.05) is 15.9 Å². The van der Waals surface area contributed by atoms with Crippen LogP contribution < -0.4 is 10.1 Å². The average molecular weight is 307 g/mol. The molecule has 0 fully saturated rings. The van der Waals surface area contributed by atoms with E-state index in [2.05, 4.69) is 26.2 Å². The summed E-state index contributed by atoms with van der Waals surface area (Å²) in [6.45, 7) is 0. The zero-order chi connectivity index (χ0) is 13.0. The first-order valence-electron chi connectivity index (χ1n) is 5.30. The van der Waals surface area contributed by atoms with Gasteiger partial charge in [0.25, 0.3) is 5.91 Å². The van der Waals surface area contributed by atoms with Crippen LogP contribution in [0.15, 0.2) is 47.1 Å². The minimum atomic E-state index is -0.169. The highest BCUT2D eigenvalue weighted by molar-refractivity contribution is 9.10. The van der Waals surface area contributed by atoms with Crippen LogP contribution in [0.3, 0.4) is 0 Å². The summed E-state index contributed by atoms with van der Waals surface area (Å²) in [6.07, 6.45) is 1.48. The van der Waals surface area contributed by atoms with E-state index in [1.165, 1.54) is 6.20 Å². The lowest BCUT2D eigenvalue weighted by Gasteiger charge is -2.05. The number of pyridine rings is 1. The maximum atomic E-state index is 11.3. The lowest BCUT2D eigenvalue weighted by atomic mass is 10.3. The lowest BCUT2D eigenvalue weighted by Crippen LogP contribution is -2.17. The van der Waals surface area contributed by atoms with Gasteiger partial charge in [0.1, 0.15) is 5.75 Å². The standard InChI is InChI=1S/C13H11BrN2O2/c1-15-13(17)9-2-7-12(16-8-9)18-11-5-3-10(14)4-6-11/h2-8H,1H3,(H,15,17). The maximum absolute atomic E-state index is 11.3. The van der Waals surface area contributed by atoms with Crippen LogP contribution in [0.4, 0.5) is 0 Å². The van der Waals surface area contributed by atoms with Crippen molar-refractivity contribution in [3.8, 4) is 11.6 Å². The Morgan fingerprint density at radius 3 is 2.50 bits per heavy atom. The number of nitrogens with zero attached hydrogens (tertiary/aromatic N) is 1. The highest BCUT2D eigenvalue weighted by Gasteiger charge is 2.04. The summed E-state index contributed by atoms with van der Waals surface area (Å²) in [5.74, 6) is 0.973. The molecule has 0 spiro atoms. The quantitative estimate of drug-likeness (QED) is 0.948. The molecule has 2 rings (SSSR count). The molecule has 0 aliphatic carbocycles. The van der Waals surface area contributed by atoms with Crippen LogP contribution in [-0.4, -0.2) is 17.9 Å². The van der Waals surface area contributed by atoms with Gasteiger partial charge in [-0.2, -0.15) is 0 Å². The van der Waals surface area contributed by atoms with Crippen LogP contribution in [0.5, 0.6) is 11.6 Å². The summed E-state index contributed by atoms with van der Waals surface area (Å²) < 4.78 is 6.52. The Hall–Kier alpha value is -1.88. The van der Waals surface area contributed by atoms with Crippen LogP contribution in [0.2, 0.25) is 0 Å². The number of hydrogen-bond acceptors (Lipinski definition) is 3. The van der Waals surface area contributed by atoms with Gasteiger partial charge in [0, 0.05) is 23.8 Å². The SMILES string of the molecule is CNC(=O)c1ccc(Oc2ccc(Br)cc2)nc1. The monoisotopic (exact) mass is 306 g/mol. The molecular weight excluding hydrogens is 296 g/mol. The van der Waals surface area contributed by atoms with E-state index in [0.29, 0.717) is 17.2 Å². The molecule has 0 aliphatic rings. The number of halogens is 1. The molecule has 0 unspecified atom stereocenters. The molecule has 5 heteroatoms. The second-order valence-corrected chi connectivity index (χ2v) is 4.44. The van der Waals surface area contributed by atoms with Crippen LogP contribution in [0.25, 0.3) is 0 Å². The van der Waals surface area contributed by atoms with Crippen molar-refractivity contribution in [3.05, 3.63) is 52.6 Å². The minimum Gasteiger partial charge on any atom is -0.439 e. The number of rotatable bonds is 3. The van der Waals surface area contributed by atoms with Gasteiger partial charge in [-0.05, 0) is 30.3 Å². The van der Waals surface area contributed by atoms with E-state index >= 15 is 0 Å². The Morgan fingerprint density at radius 2 is 1.94 bits per heavy atom. The van der Waals surface area contributed by atoms with Crippen molar-refractivity contribution in [1.29, 1.82) is 0 Å². The largest absolute Gasteiger partial charge is 0.439 e. The van der Waals surface area contributed by atoms with Crippen LogP contribution in [-0.2, 0) is 0 Å². The van der Waals surface area contributed by atoms with Crippen LogP contribution >= 0.6 is 15.9 Å². The predicted molar refractivity (Wildman–Crippen MR) is 71.8 cm³/mol. The highest BCUT2D eigenvalue weighted by atomic mass is 79.9. The first kappa shape index (κ1) is 12.6. The summed E-state index contributed by atoms with van der Waals surface area (Å²) in [5.41, 5.74) is 0.501. The van der Waals surface area contributed by atoms with Gasteiger partial charge in [-0.25, -0.2) is 4.98 Å². The molecule has 0 radical (unpaired) electrons. The molecule has 1 N–H and O–H groups in total.